The zero-order chi connectivity index (χ0) is 21.9. The first-order valence-corrected chi connectivity index (χ1v) is 12.7. The van der Waals surface area contributed by atoms with E-state index in [1.165, 1.54) is 19.3 Å². The van der Waals surface area contributed by atoms with Crippen molar-refractivity contribution in [3.05, 3.63) is 17.2 Å². The smallest absolute Gasteiger partial charge is 0.399 e. The molecule has 1 unspecified atom stereocenters. The quantitative estimate of drug-likeness (QED) is 0.691. The van der Waals surface area contributed by atoms with Gasteiger partial charge in [-0.05, 0) is 58.6 Å². The van der Waals surface area contributed by atoms with E-state index in [0.717, 1.165) is 12.8 Å². The van der Waals surface area contributed by atoms with Crippen molar-refractivity contribution in [2.75, 3.05) is 18.9 Å². The second-order valence-electron chi connectivity index (χ2n) is 9.83. The molecular weight excluding hydrogens is 423 g/mol. The molecule has 166 valence electrons. The molecule has 3 aliphatic rings. The normalized spacial score (nSPS) is 28.6. The molecule has 1 aromatic rings. The lowest BCUT2D eigenvalue weighted by Crippen LogP contribution is -2.44. The number of likely N-dealkylation sites (N-methyl/N-ethyl adjacent to an activating group) is 1. The van der Waals surface area contributed by atoms with Gasteiger partial charge in [0.2, 0.25) is 10.0 Å². The van der Waals surface area contributed by atoms with Crippen molar-refractivity contribution in [1.82, 2.24) is 4.31 Å². The molecule has 0 radical (unpaired) electrons. The number of benzene rings is 1. The Labute approximate surface area is 185 Å². The fraction of sp³-hybridized carbons (Fsp3) is 0.714. The maximum Gasteiger partial charge on any atom is 0.496 e. The highest BCUT2D eigenvalue weighted by Crippen LogP contribution is 2.39. The van der Waals surface area contributed by atoms with Crippen molar-refractivity contribution < 1.29 is 17.7 Å². The van der Waals surface area contributed by atoms with Gasteiger partial charge < -0.3 is 14.6 Å². The number of hydrogen-bond donors (Lipinski definition) is 1. The summed E-state index contributed by atoms with van der Waals surface area (Å²) in [5.41, 5.74) is 0.0241. The number of rotatable bonds is 2. The molecule has 1 aromatic carbocycles. The molecule has 1 aliphatic carbocycles. The van der Waals surface area contributed by atoms with E-state index in [-0.39, 0.29) is 10.9 Å². The standard InChI is InChI=1S/C21H32BClN2O4S/c1-20(2)21(3,4)29-22(28-20)15-11-19-17(12-16(15)23)24-13-18(25(5)30(19,26)27)14-9-7-6-8-10-14/h11-12,14,18,24H,6-10,13H2,1-5H3. The van der Waals surface area contributed by atoms with Gasteiger partial charge in [-0.15, -0.1) is 0 Å². The van der Waals surface area contributed by atoms with Crippen LogP contribution in [0.1, 0.15) is 59.8 Å². The van der Waals surface area contributed by atoms with Crippen LogP contribution < -0.4 is 10.8 Å². The number of halogens is 1. The van der Waals surface area contributed by atoms with Gasteiger partial charge in [-0.1, -0.05) is 30.9 Å². The summed E-state index contributed by atoms with van der Waals surface area (Å²) >= 11 is 6.59. The van der Waals surface area contributed by atoms with Crippen molar-refractivity contribution in [3.63, 3.8) is 0 Å². The van der Waals surface area contributed by atoms with E-state index in [1.807, 2.05) is 27.7 Å². The van der Waals surface area contributed by atoms with Gasteiger partial charge in [-0.25, -0.2) is 8.42 Å². The highest BCUT2D eigenvalue weighted by atomic mass is 35.5. The van der Waals surface area contributed by atoms with Crippen LogP contribution in [0.4, 0.5) is 5.69 Å². The van der Waals surface area contributed by atoms with E-state index in [2.05, 4.69) is 5.32 Å². The van der Waals surface area contributed by atoms with Crippen LogP contribution >= 0.6 is 11.6 Å². The van der Waals surface area contributed by atoms with E-state index < -0.39 is 28.3 Å². The highest BCUT2D eigenvalue weighted by molar-refractivity contribution is 7.89. The minimum absolute atomic E-state index is 0.0678. The summed E-state index contributed by atoms with van der Waals surface area (Å²) in [6, 6.07) is 3.26. The van der Waals surface area contributed by atoms with Crippen LogP contribution in [0.25, 0.3) is 0 Å². The van der Waals surface area contributed by atoms with Crippen molar-refractivity contribution >= 4 is 39.9 Å². The predicted molar refractivity (Wildman–Crippen MR) is 121 cm³/mol. The molecule has 1 saturated carbocycles. The lowest BCUT2D eigenvalue weighted by molar-refractivity contribution is 0.00578. The molecule has 2 aliphatic heterocycles. The monoisotopic (exact) mass is 454 g/mol. The number of hydrogen-bond acceptors (Lipinski definition) is 5. The van der Waals surface area contributed by atoms with Crippen LogP contribution in [0.15, 0.2) is 17.0 Å². The lowest BCUT2D eigenvalue weighted by atomic mass is 9.79. The van der Waals surface area contributed by atoms with E-state index in [0.29, 0.717) is 28.6 Å². The molecule has 2 heterocycles. The van der Waals surface area contributed by atoms with Crippen molar-refractivity contribution in [3.8, 4) is 0 Å². The molecule has 6 nitrogen and oxygen atoms in total. The molecule has 1 saturated heterocycles. The molecule has 2 fully saturated rings. The van der Waals surface area contributed by atoms with Crippen LogP contribution in [0.5, 0.6) is 0 Å². The molecule has 4 rings (SSSR count). The molecule has 30 heavy (non-hydrogen) atoms. The molecule has 9 heteroatoms. The van der Waals surface area contributed by atoms with Gasteiger partial charge in [-0.3, -0.25) is 0 Å². The average molecular weight is 455 g/mol. The summed E-state index contributed by atoms with van der Waals surface area (Å²) in [5, 5.41) is 3.80. The van der Waals surface area contributed by atoms with E-state index in [4.69, 9.17) is 20.9 Å². The Kier molecular flexibility index (Phi) is 5.72. The molecule has 0 spiro atoms. The highest BCUT2D eigenvalue weighted by Gasteiger charge is 2.52. The lowest BCUT2D eigenvalue weighted by Gasteiger charge is -2.34. The third kappa shape index (κ3) is 3.68. The zero-order valence-electron chi connectivity index (χ0n) is 18.5. The van der Waals surface area contributed by atoms with Gasteiger partial charge in [0.1, 0.15) is 4.90 Å². The summed E-state index contributed by atoms with van der Waals surface area (Å²) in [6.07, 6.45) is 5.71. The molecule has 1 atom stereocenters. The number of nitrogens with one attached hydrogen (secondary N) is 1. The Balaban J connectivity index is 1.71. The maximum absolute atomic E-state index is 13.6. The van der Waals surface area contributed by atoms with Crippen LogP contribution in [0.3, 0.4) is 0 Å². The Bertz CT molecular complexity index is 915. The Morgan fingerprint density at radius 3 is 2.30 bits per heavy atom. The van der Waals surface area contributed by atoms with Crippen LogP contribution in [0.2, 0.25) is 5.02 Å². The van der Waals surface area contributed by atoms with Gasteiger partial charge in [-0.2, -0.15) is 4.31 Å². The SMILES string of the molecule is CN1C(C2CCCCC2)CNc2cc(Cl)c(B3OC(C)(C)C(C)(C)O3)cc2S1(=O)=O. The van der Waals surface area contributed by atoms with Gasteiger partial charge >= 0.3 is 7.12 Å². The van der Waals surface area contributed by atoms with Gasteiger partial charge in [0.15, 0.2) is 0 Å². The fourth-order valence-electron chi connectivity index (χ4n) is 4.73. The van der Waals surface area contributed by atoms with Gasteiger partial charge in [0, 0.05) is 30.1 Å². The second-order valence-corrected chi connectivity index (χ2v) is 12.2. The maximum atomic E-state index is 13.6. The number of fused-ring (bicyclic) bond motifs is 1. The van der Waals surface area contributed by atoms with Crippen molar-refractivity contribution in [1.29, 1.82) is 0 Å². The molecule has 0 bridgehead atoms. The van der Waals surface area contributed by atoms with Crippen molar-refractivity contribution in [2.24, 2.45) is 5.92 Å². The zero-order valence-corrected chi connectivity index (χ0v) is 20.1. The first kappa shape index (κ1) is 22.4. The fourth-order valence-corrected chi connectivity index (χ4v) is 6.58. The minimum atomic E-state index is -3.68. The summed E-state index contributed by atoms with van der Waals surface area (Å²) in [6.45, 7) is 8.44. The van der Waals surface area contributed by atoms with Gasteiger partial charge in [0.05, 0.1) is 16.9 Å². The third-order valence-electron chi connectivity index (χ3n) is 7.43. The van der Waals surface area contributed by atoms with E-state index in [9.17, 15) is 8.42 Å². The largest absolute Gasteiger partial charge is 0.496 e. The number of sulfonamides is 1. The van der Waals surface area contributed by atoms with Crippen molar-refractivity contribution in [2.45, 2.75) is 81.9 Å². The summed E-state index contributed by atoms with van der Waals surface area (Å²) in [7, 11) is -2.70. The topological polar surface area (TPSA) is 67.9 Å². The second kappa shape index (κ2) is 7.66. The summed E-state index contributed by atoms with van der Waals surface area (Å²) in [5.74, 6) is 0.373. The molecule has 0 aromatic heterocycles. The molecule has 0 amide bonds. The van der Waals surface area contributed by atoms with Crippen LogP contribution in [-0.4, -0.2) is 50.7 Å². The van der Waals surface area contributed by atoms with Gasteiger partial charge in [0.25, 0.3) is 0 Å². The third-order valence-corrected chi connectivity index (χ3v) is 9.68. The van der Waals surface area contributed by atoms with Crippen LogP contribution in [-0.2, 0) is 19.3 Å². The predicted octanol–water partition coefficient (Wildman–Crippen LogP) is 3.63. The first-order valence-electron chi connectivity index (χ1n) is 10.8. The van der Waals surface area contributed by atoms with Crippen LogP contribution in [0, 0.1) is 5.92 Å². The summed E-state index contributed by atoms with van der Waals surface area (Å²) in [4.78, 5) is 0.234. The number of anilines is 1. The summed E-state index contributed by atoms with van der Waals surface area (Å²) < 4.78 is 41.0. The Morgan fingerprint density at radius 2 is 1.70 bits per heavy atom. The Morgan fingerprint density at radius 1 is 1.10 bits per heavy atom. The van der Waals surface area contributed by atoms with E-state index in [1.54, 1.807) is 23.5 Å². The first-order chi connectivity index (χ1) is 13.9. The Hall–Kier alpha value is -0.795. The molecule has 1 N–H and O–H groups in total. The number of nitrogens with zero attached hydrogens (tertiary/aromatic N) is 1. The average Bonchev–Trinajstić information content (AvgIpc) is 2.83. The minimum Gasteiger partial charge on any atom is -0.399 e. The van der Waals surface area contributed by atoms with E-state index >= 15 is 0 Å². The molecular formula is C21H32BClN2O4S.